The van der Waals surface area contributed by atoms with E-state index in [1.54, 1.807) is 0 Å². The number of benzene rings is 1. The Kier molecular flexibility index (Phi) is 7.65. The number of ether oxygens (including phenoxy) is 1. The van der Waals surface area contributed by atoms with Crippen molar-refractivity contribution in [2.45, 2.75) is 70.0 Å². The zero-order valence-electron chi connectivity index (χ0n) is 21.1. The lowest BCUT2D eigenvalue weighted by atomic mass is 9.86. The van der Waals surface area contributed by atoms with Crippen molar-refractivity contribution in [3.05, 3.63) is 48.0 Å². The predicted molar refractivity (Wildman–Crippen MR) is 137 cm³/mol. The van der Waals surface area contributed by atoms with Crippen LogP contribution >= 0.6 is 0 Å². The highest BCUT2D eigenvalue weighted by atomic mass is 32.2. The zero-order valence-corrected chi connectivity index (χ0v) is 21.9. The molecule has 0 aliphatic carbocycles. The molecule has 3 aromatic rings. The Hall–Kier alpha value is -2.93. The number of Topliss-reactive ketones (excluding diaryl/α,β-unsaturated/α-hetero) is 1. The number of hydrogen-bond acceptors (Lipinski definition) is 10. The van der Waals surface area contributed by atoms with E-state index < -0.39 is 40.1 Å². The van der Waals surface area contributed by atoms with Gasteiger partial charge in [-0.2, -0.15) is 0 Å². The lowest BCUT2D eigenvalue weighted by molar-refractivity contribution is -0.118. The minimum absolute atomic E-state index is 0.0263. The molecule has 0 unspecified atom stereocenters. The highest BCUT2D eigenvalue weighted by Gasteiger charge is 2.45. The number of nitrogens with two attached hydrogens (primary N) is 1. The first-order chi connectivity index (χ1) is 17.4. The number of nitrogen functional groups attached to an aromatic ring is 1. The molecule has 0 radical (unpaired) electrons. The van der Waals surface area contributed by atoms with Gasteiger partial charge in [-0.05, 0) is 23.0 Å². The van der Waals surface area contributed by atoms with E-state index in [1.807, 2.05) is 24.3 Å². The zero-order chi connectivity index (χ0) is 27.0. The van der Waals surface area contributed by atoms with Crippen LogP contribution in [0.1, 0.15) is 51.0 Å². The highest BCUT2D eigenvalue weighted by Crippen LogP contribution is 2.32. The third kappa shape index (κ3) is 6.15. The molecule has 4 rings (SSSR count). The maximum absolute atomic E-state index is 12.7. The normalized spacial score (nSPS) is 22.5. The molecule has 1 fully saturated rings. The van der Waals surface area contributed by atoms with Gasteiger partial charge in [0, 0.05) is 12.8 Å². The number of fused-ring (bicyclic) bond motifs is 1. The fraction of sp³-hybridized carbons (Fsp3) is 0.520. The summed E-state index contributed by atoms with van der Waals surface area (Å²) in [5, 5.41) is 21.0. The van der Waals surface area contributed by atoms with Gasteiger partial charge in [0.05, 0.1) is 17.8 Å². The first kappa shape index (κ1) is 27.1. The van der Waals surface area contributed by atoms with Crippen molar-refractivity contribution >= 4 is 32.6 Å². The van der Waals surface area contributed by atoms with Gasteiger partial charge < -0.3 is 20.7 Å². The van der Waals surface area contributed by atoms with Gasteiger partial charge in [0.25, 0.3) is 0 Å². The molecule has 1 aromatic carbocycles. The number of anilines is 1. The van der Waals surface area contributed by atoms with Gasteiger partial charge in [-0.25, -0.2) is 23.4 Å². The summed E-state index contributed by atoms with van der Waals surface area (Å²) in [5.74, 6) is -0.618. The third-order valence-electron chi connectivity index (χ3n) is 6.55. The first-order valence-electron chi connectivity index (χ1n) is 12.1. The maximum Gasteiger partial charge on any atom is 0.167 e. The van der Waals surface area contributed by atoms with Crippen LogP contribution in [0.4, 0.5) is 5.82 Å². The Labute approximate surface area is 215 Å². The van der Waals surface area contributed by atoms with E-state index in [2.05, 4.69) is 35.7 Å². The summed E-state index contributed by atoms with van der Waals surface area (Å²) in [7, 11) is -3.67. The molecule has 11 nitrogen and oxygen atoms in total. The van der Waals surface area contributed by atoms with Crippen LogP contribution in [0.3, 0.4) is 0 Å². The second kappa shape index (κ2) is 10.4. The average molecular weight is 532 g/mol. The molecular weight excluding hydrogens is 498 g/mol. The Morgan fingerprint density at radius 2 is 1.81 bits per heavy atom. The molecule has 12 heteroatoms. The second-order valence-electron chi connectivity index (χ2n) is 10.5. The summed E-state index contributed by atoms with van der Waals surface area (Å²) in [4.78, 5) is 24.5. The molecule has 0 spiro atoms. The van der Waals surface area contributed by atoms with Crippen molar-refractivity contribution in [2.24, 2.45) is 0 Å². The molecule has 1 saturated heterocycles. The molecular formula is C25H33N5O6S. The second-order valence-corrected chi connectivity index (χ2v) is 12.7. The number of aliphatic hydroxyl groups is 2. The number of sulfone groups is 1. The van der Waals surface area contributed by atoms with E-state index in [0.717, 1.165) is 5.56 Å². The van der Waals surface area contributed by atoms with Crippen molar-refractivity contribution in [1.29, 1.82) is 0 Å². The number of imidazole rings is 1. The summed E-state index contributed by atoms with van der Waals surface area (Å²) < 4.78 is 32.6. The lowest BCUT2D eigenvalue weighted by Gasteiger charge is -2.19. The SMILES string of the molecule is CC(C)(C)c1ccc(CC(=O)CCCS(=O)(=O)C[C@H]2O[C@@H](n3cnc4c(N)ncnc43)[C@H](O)[C@@H]2O)cc1. The standard InChI is InChI=1S/C25H33N5O6S/c1-25(2,3)16-8-6-15(7-9-16)11-17(31)5-4-10-37(34,35)12-18-20(32)21(33)24(36-18)30-14-29-19-22(26)27-13-28-23(19)30/h6-9,13-14,18,20-21,24,32-33H,4-5,10-12H2,1-3H3,(H2,26,27,28)/t18-,20-,21-,24-/m1/s1. The van der Waals surface area contributed by atoms with Gasteiger partial charge in [-0.3, -0.25) is 9.36 Å². The molecule has 3 heterocycles. The number of aliphatic hydroxyl groups excluding tert-OH is 2. The molecule has 4 atom stereocenters. The fourth-order valence-corrected chi connectivity index (χ4v) is 5.94. The van der Waals surface area contributed by atoms with Gasteiger partial charge in [-0.1, -0.05) is 45.0 Å². The van der Waals surface area contributed by atoms with Gasteiger partial charge in [0.15, 0.2) is 27.5 Å². The molecule has 1 aliphatic rings. The van der Waals surface area contributed by atoms with Crippen molar-refractivity contribution in [1.82, 2.24) is 19.5 Å². The van der Waals surface area contributed by atoms with E-state index in [4.69, 9.17) is 10.5 Å². The lowest BCUT2D eigenvalue weighted by Crippen LogP contribution is -2.36. The van der Waals surface area contributed by atoms with Crippen LogP contribution in [-0.4, -0.2) is 73.8 Å². The Balaban J connectivity index is 1.30. The summed E-state index contributed by atoms with van der Waals surface area (Å²) in [6.07, 6.45) is -1.98. The van der Waals surface area contributed by atoms with E-state index in [1.165, 1.54) is 22.8 Å². The predicted octanol–water partition coefficient (Wildman–Crippen LogP) is 1.33. The first-order valence-corrected chi connectivity index (χ1v) is 13.9. The maximum atomic E-state index is 12.7. The quantitative estimate of drug-likeness (QED) is 0.366. The van der Waals surface area contributed by atoms with E-state index in [0.29, 0.717) is 11.2 Å². The summed E-state index contributed by atoms with van der Waals surface area (Å²) in [5.41, 5.74) is 8.48. The number of carbonyl (C=O) groups is 1. The molecule has 0 bridgehead atoms. The smallest absolute Gasteiger partial charge is 0.167 e. The molecule has 1 aliphatic heterocycles. The van der Waals surface area contributed by atoms with Gasteiger partial charge in [0.1, 0.15) is 35.9 Å². The molecule has 2 aromatic heterocycles. The van der Waals surface area contributed by atoms with E-state index in [9.17, 15) is 23.4 Å². The van der Waals surface area contributed by atoms with Gasteiger partial charge in [0.2, 0.25) is 0 Å². The van der Waals surface area contributed by atoms with E-state index >= 15 is 0 Å². The fourth-order valence-electron chi connectivity index (χ4n) is 4.41. The Bertz CT molecular complexity index is 1370. The molecule has 0 amide bonds. The van der Waals surface area contributed by atoms with Crippen LogP contribution in [0.15, 0.2) is 36.9 Å². The molecule has 0 saturated carbocycles. The topological polar surface area (TPSA) is 171 Å². The average Bonchev–Trinajstić information content (AvgIpc) is 3.36. The van der Waals surface area contributed by atoms with Crippen LogP contribution in [0.25, 0.3) is 11.2 Å². The highest BCUT2D eigenvalue weighted by molar-refractivity contribution is 7.91. The van der Waals surface area contributed by atoms with Crippen molar-refractivity contribution in [3.63, 3.8) is 0 Å². The van der Waals surface area contributed by atoms with Crippen LogP contribution in [0.5, 0.6) is 0 Å². The third-order valence-corrected chi connectivity index (χ3v) is 8.30. The minimum Gasteiger partial charge on any atom is -0.387 e. The van der Waals surface area contributed by atoms with Crippen LogP contribution in [0.2, 0.25) is 0 Å². The monoisotopic (exact) mass is 531 g/mol. The summed E-state index contributed by atoms with van der Waals surface area (Å²) in [6, 6.07) is 7.88. The van der Waals surface area contributed by atoms with Crippen LogP contribution in [0, 0.1) is 0 Å². The number of rotatable bonds is 9. The number of ketones is 1. The van der Waals surface area contributed by atoms with Crippen molar-refractivity contribution in [2.75, 3.05) is 17.2 Å². The van der Waals surface area contributed by atoms with Crippen molar-refractivity contribution < 1.29 is 28.2 Å². The van der Waals surface area contributed by atoms with Crippen LogP contribution < -0.4 is 5.73 Å². The number of carbonyl (C=O) groups excluding carboxylic acids is 1. The molecule has 200 valence electrons. The Morgan fingerprint density at radius 1 is 1.11 bits per heavy atom. The van der Waals surface area contributed by atoms with Crippen LogP contribution in [-0.2, 0) is 31.2 Å². The minimum atomic E-state index is -3.67. The number of hydrogen-bond donors (Lipinski definition) is 3. The number of nitrogens with zero attached hydrogens (tertiary/aromatic N) is 4. The molecule has 4 N–H and O–H groups in total. The largest absolute Gasteiger partial charge is 0.387 e. The Morgan fingerprint density at radius 3 is 2.49 bits per heavy atom. The summed E-state index contributed by atoms with van der Waals surface area (Å²) >= 11 is 0. The van der Waals surface area contributed by atoms with Crippen molar-refractivity contribution in [3.8, 4) is 0 Å². The number of aromatic nitrogens is 4. The molecule has 37 heavy (non-hydrogen) atoms. The van der Waals surface area contributed by atoms with E-state index in [-0.39, 0.29) is 42.0 Å². The summed E-state index contributed by atoms with van der Waals surface area (Å²) in [6.45, 7) is 6.36. The van der Waals surface area contributed by atoms with Gasteiger partial charge in [-0.15, -0.1) is 0 Å². The van der Waals surface area contributed by atoms with Gasteiger partial charge >= 0.3 is 0 Å².